The van der Waals surface area contributed by atoms with Gasteiger partial charge in [-0.05, 0) is 0 Å². The summed E-state index contributed by atoms with van der Waals surface area (Å²) in [5.41, 5.74) is -5.66. The molecule has 1 N–H and O–H groups in total. The third-order valence-corrected chi connectivity index (χ3v) is 5.05. The minimum Gasteiger partial charge on any atom is -0.210 e. The lowest BCUT2D eigenvalue weighted by Gasteiger charge is -2.12. The van der Waals surface area contributed by atoms with Gasteiger partial charge >= 0.3 is 15.5 Å². The van der Waals surface area contributed by atoms with E-state index in [9.17, 15) is 30.0 Å². The van der Waals surface area contributed by atoms with Gasteiger partial charge in [-0.25, -0.2) is 16.8 Å². The summed E-state index contributed by atoms with van der Waals surface area (Å²) in [6.07, 6.45) is 4.66. The van der Waals surface area contributed by atoms with Crippen molar-refractivity contribution in [1.29, 1.82) is 0 Å². The Morgan fingerprint density at radius 3 is 1.81 bits per heavy atom. The van der Waals surface area contributed by atoms with Crippen molar-refractivity contribution in [2.24, 2.45) is 0 Å². The van der Waals surface area contributed by atoms with E-state index in [-0.39, 0.29) is 0 Å². The zero-order valence-electron chi connectivity index (χ0n) is 7.47. The van der Waals surface area contributed by atoms with E-state index in [1.165, 1.54) is 12.2 Å². The van der Waals surface area contributed by atoms with Crippen molar-refractivity contribution in [2.45, 2.75) is 10.8 Å². The first-order valence-corrected chi connectivity index (χ1v) is 6.78. The highest BCUT2D eigenvalue weighted by molar-refractivity contribution is 8.05. The molecule has 0 unspecified atom stereocenters. The summed E-state index contributed by atoms with van der Waals surface area (Å²) in [4.78, 5) is 0. The molecule has 1 aliphatic carbocycles. The summed E-state index contributed by atoms with van der Waals surface area (Å²) in [5.74, 6) is 0. The fourth-order valence-corrected chi connectivity index (χ4v) is 3.51. The molecule has 0 saturated carbocycles. The first-order valence-electron chi connectivity index (χ1n) is 3.75. The van der Waals surface area contributed by atoms with E-state index >= 15 is 0 Å². The molecule has 16 heavy (non-hydrogen) atoms. The van der Waals surface area contributed by atoms with Crippen LogP contribution in [0.15, 0.2) is 24.3 Å². The van der Waals surface area contributed by atoms with Crippen molar-refractivity contribution in [2.75, 3.05) is 0 Å². The third-order valence-electron chi connectivity index (χ3n) is 1.60. The number of hydrogen-bond donors (Lipinski definition) is 1. The quantitative estimate of drug-likeness (QED) is 0.802. The molecule has 0 bridgehead atoms. The van der Waals surface area contributed by atoms with E-state index in [0.717, 1.165) is 12.2 Å². The summed E-state index contributed by atoms with van der Waals surface area (Å²) in [6, 6.07) is 0. The van der Waals surface area contributed by atoms with Crippen LogP contribution in [-0.2, 0) is 20.0 Å². The molecule has 0 radical (unpaired) electrons. The van der Waals surface area contributed by atoms with Gasteiger partial charge < -0.3 is 0 Å². The lowest BCUT2D eigenvalue weighted by atomic mass is 10.5. The van der Waals surface area contributed by atoms with Crippen LogP contribution in [0.1, 0.15) is 0 Å². The number of allylic oxidation sites excluding steroid dienone is 2. The van der Waals surface area contributed by atoms with Crippen molar-refractivity contribution in [3.8, 4) is 0 Å². The molecule has 0 amide bonds. The van der Waals surface area contributed by atoms with Gasteiger partial charge in [0.2, 0.25) is 10.0 Å². The van der Waals surface area contributed by atoms with Gasteiger partial charge in [-0.2, -0.15) is 13.2 Å². The molecule has 0 aromatic carbocycles. The van der Waals surface area contributed by atoms with E-state index in [1.807, 2.05) is 0 Å². The fraction of sp³-hybridized carbons (Fsp3) is 0.333. The summed E-state index contributed by atoms with van der Waals surface area (Å²) >= 11 is 0. The summed E-state index contributed by atoms with van der Waals surface area (Å²) in [7, 11) is -10.5. The Labute approximate surface area is 89.7 Å². The maximum absolute atomic E-state index is 11.9. The van der Waals surface area contributed by atoms with Crippen LogP contribution in [0.25, 0.3) is 0 Å². The van der Waals surface area contributed by atoms with Gasteiger partial charge in [0, 0.05) is 0 Å². The Morgan fingerprint density at radius 2 is 1.44 bits per heavy atom. The minimum atomic E-state index is -5.90. The van der Waals surface area contributed by atoms with Gasteiger partial charge in [0.05, 0.1) is 0 Å². The molecule has 1 aliphatic rings. The molecule has 0 aliphatic heterocycles. The highest BCUT2D eigenvalue weighted by Gasteiger charge is 2.49. The first kappa shape index (κ1) is 13.2. The molecular formula is C6H6F3NO4S2. The van der Waals surface area contributed by atoms with Crippen molar-refractivity contribution >= 4 is 20.0 Å². The third kappa shape index (κ3) is 2.62. The van der Waals surface area contributed by atoms with E-state index in [2.05, 4.69) is 0 Å². The van der Waals surface area contributed by atoms with E-state index in [0.29, 0.717) is 4.13 Å². The maximum atomic E-state index is 11.9. The first-order chi connectivity index (χ1) is 7.06. The Bertz CT molecular complexity index is 517. The van der Waals surface area contributed by atoms with Crippen LogP contribution >= 0.6 is 0 Å². The standard InChI is InChI=1S/C6H6F3NO4S2/c7-6(8,9)16(13,14)10-15(11,12)5-3-1-2-4-5/h1-5,10H. The lowest BCUT2D eigenvalue weighted by molar-refractivity contribution is -0.0441. The largest absolute Gasteiger partial charge is 0.512 e. The van der Waals surface area contributed by atoms with Crippen molar-refractivity contribution in [1.82, 2.24) is 4.13 Å². The maximum Gasteiger partial charge on any atom is 0.512 e. The molecule has 0 heterocycles. The van der Waals surface area contributed by atoms with E-state index in [1.54, 1.807) is 0 Å². The van der Waals surface area contributed by atoms with Crippen molar-refractivity contribution in [3.63, 3.8) is 0 Å². The van der Waals surface area contributed by atoms with Crippen LogP contribution in [0.2, 0.25) is 0 Å². The predicted octanol–water partition coefficient (Wildman–Crippen LogP) is 0.250. The number of nitrogens with one attached hydrogen (secondary N) is 1. The Hall–Kier alpha value is -0.870. The monoisotopic (exact) mass is 277 g/mol. The van der Waals surface area contributed by atoms with Crippen LogP contribution in [0.4, 0.5) is 13.2 Å². The molecule has 92 valence electrons. The topological polar surface area (TPSA) is 80.3 Å². The second kappa shape index (κ2) is 3.86. The molecule has 0 atom stereocenters. The molecule has 10 heteroatoms. The minimum absolute atomic E-state index is 0.631. The molecule has 5 nitrogen and oxygen atoms in total. The number of hydrogen-bond acceptors (Lipinski definition) is 4. The fourth-order valence-electron chi connectivity index (χ4n) is 0.874. The van der Waals surface area contributed by atoms with Gasteiger partial charge in [-0.15, -0.1) is 4.13 Å². The number of sulfonamides is 2. The number of halogens is 3. The molecule has 0 fully saturated rings. The normalized spacial score (nSPS) is 18.2. The molecule has 0 aromatic heterocycles. The van der Waals surface area contributed by atoms with Gasteiger partial charge in [0.25, 0.3) is 0 Å². The van der Waals surface area contributed by atoms with E-state index in [4.69, 9.17) is 0 Å². The molecule has 0 spiro atoms. The molecule has 0 saturated heterocycles. The van der Waals surface area contributed by atoms with Gasteiger partial charge in [0.1, 0.15) is 5.25 Å². The molecular weight excluding hydrogens is 271 g/mol. The van der Waals surface area contributed by atoms with Gasteiger partial charge in [-0.1, -0.05) is 24.3 Å². The van der Waals surface area contributed by atoms with E-state index < -0.39 is 30.8 Å². The van der Waals surface area contributed by atoms with Crippen LogP contribution < -0.4 is 4.13 Å². The molecule has 1 rings (SSSR count). The number of rotatable bonds is 3. The summed E-state index contributed by atoms with van der Waals surface area (Å²) in [5, 5.41) is -1.41. The van der Waals surface area contributed by atoms with Gasteiger partial charge in [-0.3, -0.25) is 0 Å². The van der Waals surface area contributed by atoms with Crippen molar-refractivity contribution < 1.29 is 30.0 Å². The zero-order valence-corrected chi connectivity index (χ0v) is 9.10. The van der Waals surface area contributed by atoms with Crippen molar-refractivity contribution in [3.05, 3.63) is 24.3 Å². The van der Waals surface area contributed by atoms with Gasteiger partial charge in [0.15, 0.2) is 0 Å². The Kier molecular flexibility index (Phi) is 3.18. The predicted molar refractivity (Wildman–Crippen MR) is 49.1 cm³/mol. The smallest absolute Gasteiger partial charge is 0.210 e. The highest BCUT2D eigenvalue weighted by atomic mass is 32.3. The number of alkyl halides is 3. The SMILES string of the molecule is O=S(=O)(NS(=O)(=O)C(F)(F)F)C1C=CC=C1. The average Bonchev–Trinajstić information content (AvgIpc) is 2.50. The highest BCUT2D eigenvalue weighted by Crippen LogP contribution is 2.23. The second-order valence-electron chi connectivity index (χ2n) is 2.81. The zero-order chi connectivity index (χ0) is 12.6. The van der Waals surface area contributed by atoms with Crippen LogP contribution in [0.5, 0.6) is 0 Å². The lowest BCUT2D eigenvalue weighted by Crippen LogP contribution is -2.43. The average molecular weight is 277 g/mol. The summed E-state index contributed by atoms with van der Waals surface area (Å²) < 4.78 is 79.9. The van der Waals surface area contributed by atoms with Crippen LogP contribution in [0, 0.1) is 0 Å². The van der Waals surface area contributed by atoms with Crippen LogP contribution in [0.3, 0.4) is 0 Å². The molecule has 0 aromatic rings. The Morgan fingerprint density at radius 1 is 1.00 bits per heavy atom. The summed E-state index contributed by atoms with van der Waals surface area (Å²) in [6.45, 7) is 0. The second-order valence-corrected chi connectivity index (χ2v) is 6.58. The Balaban J connectivity index is 2.99. The van der Waals surface area contributed by atoms with Crippen LogP contribution in [-0.4, -0.2) is 27.6 Å².